The first kappa shape index (κ1) is 19.0. The lowest BCUT2D eigenvalue weighted by atomic mass is 10.1. The fourth-order valence-corrected chi connectivity index (χ4v) is 2.81. The van der Waals surface area contributed by atoms with Crippen LogP contribution in [0.1, 0.15) is 19.4 Å². The lowest BCUT2D eigenvalue weighted by Gasteiger charge is -2.16. The molecule has 2 aromatic carbocycles. The van der Waals surface area contributed by atoms with Crippen LogP contribution in [0.4, 0.5) is 0 Å². The van der Waals surface area contributed by atoms with Crippen molar-refractivity contribution < 1.29 is 18.7 Å². The fourth-order valence-electron chi connectivity index (χ4n) is 2.64. The number of aryl methyl sites for hydroxylation is 1. The van der Waals surface area contributed by atoms with E-state index in [2.05, 4.69) is 0 Å². The molecule has 0 aliphatic rings. The van der Waals surface area contributed by atoms with Gasteiger partial charge in [0, 0.05) is 10.6 Å². The monoisotopic (exact) mass is 386 g/mol. The van der Waals surface area contributed by atoms with E-state index < -0.39 is 17.5 Å². The summed E-state index contributed by atoms with van der Waals surface area (Å²) in [6, 6.07) is 12.3. The first-order valence-corrected chi connectivity index (χ1v) is 8.95. The Hall–Kier alpha value is -2.79. The Morgan fingerprint density at radius 2 is 1.89 bits per heavy atom. The maximum absolute atomic E-state index is 13.1. The van der Waals surface area contributed by atoms with Gasteiger partial charge in [0.15, 0.2) is 11.9 Å². The number of carbonyl (C=O) groups is 1. The van der Waals surface area contributed by atoms with Crippen LogP contribution < -0.4 is 10.2 Å². The molecule has 1 aromatic heterocycles. The largest absolute Gasteiger partial charge is 0.471 e. The number of hydrogen-bond donors (Lipinski definition) is 0. The SMILES string of the molecule is CCOC(=O)C(C)Oc1c(-c2ccc(C)cc2)oc2ccc(Cl)cc2c1=O. The summed E-state index contributed by atoms with van der Waals surface area (Å²) in [6.45, 7) is 5.41. The van der Waals surface area contributed by atoms with Gasteiger partial charge in [-0.3, -0.25) is 4.79 Å². The normalized spacial score (nSPS) is 12.0. The van der Waals surface area contributed by atoms with Gasteiger partial charge in [-0.05, 0) is 39.0 Å². The Labute approximate surface area is 161 Å². The molecule has 0 aliphatic carbocycles. The predicted molar refractivity (Wildman–Crippen MR) is 104 cm³/mol. The van der Waals surface area contributed by atoms with Crippen LogP contribution >= 0.6 is 11.6 Å². The number of carbonyl (C=O) groups excluding carboxylic acids is 1. The van der Waals surface area contributed by atoms with Crippen molar-refractivity contribution in [3.63, 3.8) is 0 Å². The van der Waals surface area contributed by atoms with Gasteiger partial charge in [0.2, 0.25) is 11.2 Å². The Kier molecular flexibility index (Phi) is 5.51. The molecule has 0 amide bonds. The van der Waals surface area contributed by atoms with Crippen LogP contribution in [0.25, 0.3) is 22.3 Å². The number of rotatable bonds is 5. The topological polar surface area (TPSA) is 65.7 Å². The first-order chi connectivity index (χ1) is 12.9. The van der Waals surface area contributed by atoms with Crippen molar-refractivity contribution in [1.82, 2.24) is 0 Å². The highest BCUT2D eigenvalue weighted by molar-refractivity contribution is 6.31. The first-order valence-electron chi connectivity index (χ1n) is 8.57. The molecule has 0 saturated heterocycles. The van der Waals surface area contributed by atoms with Gasteiger partial charge < -0.3 is 13.9 Å². The van der Waals surface area contributed by atoms with E-state index in [0.29, 0.717) is 16.2 Å². The second kappa shape index (κ2) is 7.84. The molecule has 1 atom stereocenters. The Balaban J connectivity index is 2.19. The Bertz CT molecular complexity index is 1040. The van der Waals surface area contributed by atoms with Crippen molar-refractivity contribution in [2.45, 2.75) is 26.9 Å². The Morgan fingerprint density at radius 3 is 2.56 bits per heavy atom. The molecule has 1 heterocycles. The average Bonchev–Trinajstić information content (AvgIpc) is 2.65. The second-order valence-electron chi connectivity index (χ2n) is 6.11. The average molecular weight is 387 g/mol. The van der Waals surface area contributed by atoms with E-state index in [-0.39, 0.29) is 23.5 Å². The van der Waals surface area contributed by atoms with Crippen molar-refractivity contribution >= 4 is 28.5 Å². The van der Waals surface area contributed by atoms with Crippen LogP contribution in [0.3, 0.4) is 0 Å². The van der Waals surface area contributed by atoms with Gasteiger partial charge in [-0.15, -0.1) is 0 Å². The minimum atomic E-state index is -0.964. The number of hydrogen-bond acceptors (Lipinski definition) is 5. The predicted octanol–water partition coefficient (Wildman–Crippen LogP) is 4.75. The maximum Gasteiger partial charge on any atom is 0.347 e. The molecule has 0 aliphatic heterocycles. The highest BCUT2D eigenvalue weighted by Crippen LogP contribution is 2.32. The van der Waals surface area contributed by atoms with Crippen LogP contribution in [0.5, 0.6) is 5.75 Å². The molecule has 0 fully saturated rings. The van der Waals surface area contributed by atoms with E-state index in [1.165, 1.54) is 13.0 Å². The van der Waals surface area contributed by atoms with Gasteiger partial charge >= 0.3 is 5.97 Å². The minimum Gasteiger partial charge on any atom is -0.471 e. The number of halogens is 1. The van der Waals surface area contributed by atoms with E-state index in [0.717, 1.165) is 5.56 Å². The third-order valence-electron chi connectivity index (χ3n) is 4.04. The van der Waals surface area contributed by atoms with Crippen LogP contribution in [0, 0.1) is 6.92 Å². The number of fused-ring (bicyclic) bond motifs is 1. The molecule has 0 saturated carbocycles. The molecule has 0 radical (unpaired) electrons. The minimum absolute atomic E-state index is 0.0471. The molecule has 0 spiro atoms. The van der Waals surface area contributed by atoms with E-state index in [1.807, 2.05) is 31.2 Å². The fraction of sp³-hybridized carbons (Fsp3) is 0.238. The summed E-state index contributed by atoms with van der Waals surface area (Å²) in [5, 5.41) is 0.687. The third kappa shape index (κ3) is 3.98. The molecular formula is C21H19ClO5. The summed E-state index contributed by atoms with van der Waals surface area (Å²) in [5.74, 6) is -0.349. The van der Waals surface area contributed by atoms with E-state index >= 15 is 0 Å². The smallest absolute Gasteiger partial charge is 0.347 e. The molecule has 3 aromatic rings. The van der Waals surface area contributed by atoms with E-state index in [1.54, 1.807) is 19.1 Å². The van der Waals surface area contributed by atoms with Crippen molar-refractivity contribution in [2.24, 2.45) is 0 Å². The van der Waals surface area contributed by atoms with Gasteiger partial charge in [-0.1, -0.05) is 41.4 Å². The van der Waals surface area contributed by atoms with Crippen LogP contribution in [0.2, 0.25) is 5.02 Å². The zero-order valence-corrected chi connectivity index (χ0v) is 16.0. The molecule has 5 nitrogen and oxygen atoms in total. The zero-order chi connectivity index (χ0) is 19.6. The summed E-state index contributed by atoms with van der Waals surface area (Å²) >= 11 is 6.02. The molecule has 6 heteroatoms. The van der Waals surface area contributed by atoms with Crippen molar-refractivity contribution in [3.05, 3.63) is 63.3 Å². The number of benzene rings is 2. The molecule has 140 valence electrons. The molecule has 0 N–H and O–H groups in total. The zero-order valence-electron chi connectivity index (χ0n) is 15.2. The van der Waals surface area contributed by atoms with E-state index in [9.17, 15) is 9.59 Å². The van der Waals surface area contributed by atoms with Gasteiger partial charge in [0.1, 0.15) is 5.58 Å². The molecule has 3 rings (SSSR count). The Morgan fingerprint density at radius 1 is 1.19 bits per heavy atom. The van der Waals surface area contributed by atoms with Crippen LogP contribution in [-0.4, -0.2) is 18.7 Å². The standard InChI is InChI=1S/C21H19ClO5/c1-4-25-21(24)13(3)26-20-18(23)16-11-15(22)9-10-17(16)27-19(20)14-7-5-12(2)6-8-14/h5-11,13H,4H2,1-3H3. The molecule has 27 heavy (non-hydrogen) atoms. The van der Waals surface area contributed by atoms with Gasteiger partial charge in [0.05, 0.1) is 12.0 Å². The van der Waals surface area contributed by atoms with Crippen molar-refractivity contribution in [2.75, 3.05) is 6.61 Å². The summed E-state index contributed by atoms with van der Waals surface area (Å²) in [6.07, 6.45) is -0.964. The number of ether oxygens (including phenoxy) is 2. The quantitative estimate of drug-likeness (QED) is 0.592. The van der Waals surface area contributed by atoms with Gasteiger partial charge in [-0.2, -0.15) is 0 Å². The van der Waals surface area contributed by atoms with Crippen molar-refractivity contribution in [3.8, 4) is 17.1 Å². The highest BCUT2D eigenvalue weighted by Gasteiger charge is 2.23. The number of esters is 1. The third-order valence-corrected chi connectivity index (χ3v) is 4.27. The van der Waals surface area contributed by atoms with Crippen LogP contribution in [-0.2, 0) is 9.53 Å². The van der Waals surface area contributed by atoms with Crippen LogP contribution in [0.15, 0.2) is 51.7 Å². The highest BCUT2D eigenvalue weighted by atomic mass is 35.5. The molecule has 0 bridgehead atoms. The lowest BCUT2D eigenvalue weighted by Crippen LogP contribution is -2.28. The van der Waals surface area contributed by atoms with E-state index in [4.69, 9.17) is 25.5 Å². The van der Waals surface area contributed by atoms with Gasteiger partial charge in [-0.25, -0.2) is 4.79 Å². The molecular weight excluding hydrogens is 368 g/mol. The second-order valence-corrected chi connectivity index (χ2v) is 6.54. The van der Waals surface area contributed by atoms with Gasteiger partial charge in [0.25, 0.3) is 0 Å². The summed E-state index contributed by atoms with van der Waals surface area (Å²) in [4.78, 5) is 25.0. The van der Waals surface area contributed by atoms with Crippen molar-refractivity contribution in [1.29, 1.82) is 0 Å². The summed E-state index contributed by atoms with van der Waals surface area (Å²) in [7, 11) is 0. The summed E-state index contributed by atoms with van der Waals surface area (Å²) < 4.78 is 16.6. The summed E-state index contributed by atoms with van der Waals surface area (Å²) in [5.41, 5.74) is 1.72. The maximum atomic E-state index is 13.1. The lowest BCUT2D eigenvalue weighted by molar-refractivity contribution is -0.150. The molecule has 1 unspecified atom stereocenters.